The molecule has 0 fully saturated rings. The van der Waals surface area contributed by atoms with Crippen molar-refractivity contribution in [1.82, 2.24) is 14.8 Å². The minimum Gasteiger partial charge on any atom is -0.492 e. The van der Waals surface area contributed by atoms with E-state index >= 15 is 0 Å². The lowest BCUT2D eigenvalue weighted by molar-refractivity contribution is 0.328. The van der Waals surface area contributed by atoms with Gasteiger partial charge in [-0.05, 0) is 31.2 Å². The molecule has 0 spiro atoms. The van der Waals surface area contributed by atoms with Crippen LogP contribution in [0.4, 0.5) is 0 Å². The monoisotopic (exact) mass is 218 g/mol. The van der Waals surface area contributed by atoms with E-state index < -0.39 is 0 Å². The predicted molar refractivity (Wildman–Crippen MR) is 60.6 cm³/mol. The fourth-order valence-corrected chi connectivity index (χ4v) is 1.43. The zero-order valence-electron chi connectivity index (χ0n) is 9.13. The topological polar surface area (TPSA) is 66.0 Å². The third-order valence-electron chi connectivity index (χ3n) is 2.22. The number of hydrogen-bond acceptors (Lipinski definition) is 4. The van der Waals surface area contributed by atoms with Crippen LogP contribution in [0.2, 0.25) is 0 Å². The molecule has 0 radical (unpaired) electrons. The number of nitrogens with zero attached hydrogens (tertiary/aromatic N) is 3. The maximum Gasteiger partial charge on any atom is 0.134 e. The predicted octanol–water partition coefficient (Wildman–Crippen LogP) is 0.913. The highest BCUT2D eigenvalue weighted by Gasteiger charge is 2.01. The van der Waals surface area contributed by atoms with Crippen LogP contribution in [0.1, 0.15) is 5.82 Å². The highest BCUT2D eigenvalue weighted by atomic mass is 16.5. The first-order valence-electron chi connectivity index (χ1n) is 5.11. The van der Waals surface area contributed by atoms with Crippen molar-refractivity contribution >= 4 is 0 Å². The zero-order chi connectivity index (χ0) is 11.4. The Labute approximate surface area is 93.9 Å². The van der Waals surface area contributed by atoms with Gasteiger partial charge >= 0.3 is 0 Å². The second-order valence-corrected chi connectivity index (χ2v) is 3.38. The number of ether oxygens (including phenoxy) is 1. The molecule has 2 N–H and O–H groups in total. The van der Waals surface area contributed by atoms with E-state index in [2.05, 4.69) is 10.2 Å². The van der Waals surface area contributed by atoms with Crippen LogP contribution in [-0.2, 0) is 0 Å². The second-order valence-electron chi connectivity index (χ2n) is 3.38. The summed E-state index contributed by atoms with van der Waals surface area (Å²) in [5.74, 6) is 1.68. The van der Waals surface area contributed by atoms with Crippen LogP contribution in [0.3, 0.4) is 0 Å². The van der Waals surface area contributed by atoms with Crippen LogP contribution in [0, 0.1) is 6.92 Å². The van der Waals surface area contributed by atoms with Crippen molar-refractivity contribution in [2.24, 2.45) is 5.73 Å². The summed E-state index contributed by atoms with van der Waals surface area (Å²) in [6, 6.07) is 7.74. The fraction of sp³-hybridized carbons (Fsp3) is 0.273. The Kier molecular flexibility index (Phi) is 3.16. The Bertz CT molecular complexity index is 449. The van der Waals surface area contributed by atoms with Gasteiger partial charge in [0.15, 0.2) is 0 Å². The molecule has 2 rings (SSSR count). The lowest BCUT2D eigenvalue weighted by Gasteiger charge is -2.06. The molecular formula is C11H14N4O. The fourth-order valence-electron chi connectivity index (χ4n) is 1.43. The molecule has 5 nitrogen and oxygen atoms in total. The van der Waals surface area contributed by atoms with Gasteiger partial charge in [0.1, 0.15) is 24.5 Å². The molecule has 1 aromatic heterocycles. The van der Waals surface area contributed by atoms with Crippen LogP contribution in [-0.4, -0.2) is 27.9 Å². The molecule has 1 aromatic carbocycles. The number of aryl methyl sites for hydroxylation is 1. The second kappa shape index (κ2) is 4.76. The van der Waals surface area contributed by atoms with E-state index in [1.807, 2.05) is 35.8 Å². The maximum atomic E-state index is 5.39. The Hall–Kier alpha value is -1.88. The summed E-state index contributed by atoms with van der Waals surface area (Å²) in [6.45, 7) is 2.96. The van der Waals surface area contributed by atoms with Crippen LogP contribution >= 0.6 is 0 Å². The minimum atomic E-state index is 0.520. The summed E-state index contributed by atoms with van der Waals surface area (Å²) in [5, 5.41) is 7.77. The van der Waals surface area contributed by atoms with Crippen molar-refractivity contribution in [3.8, 4) is 11.4 Å². The van der Waals surface area contributed by atoms with Crippen molar-refractivity contribution in [3.63, 3.8) is 0 Å². The van der Waals surface area contributed by atoms with Gasteiger partial charge in [0.05, 0.1) is 0 Å². The Morgan fingerprint density at radius 1 is 1.31 bits per heavy atom. The average Bonchev–Trinajstić information content (AvgIpc) is 2.74. The van der Waals surface area contributed by atoms with Gasteiger partial charge in [-0.1, -0.05) is 0 Å². The van der Waals surface area contributed by atoms with Gasteiger partial charge < -0.3 is 10.5 Å². The molecule has 84 valence electrons. The Balaban J connectivity index is 2.16. The summed E-state index contributed by atoms with van der Waals surface area (Å²) >= 11 is 0. The maximum absolute atomic E-state index is 5.39. The normalized spacial score (nSPS) is 10.4. The molecule has 16 heavy (non-hydrogen) atoms. The van der Waals surface area contributed by atoms with E-state index in [0.29, 0.717) is 13.2 Å². The molecule has 0 aliphatic rings. The average molecular weight is 218 g/mol. The molecule has 1 heterocycles. The molecule has 2 aromatic rings. The Morgan fingerprint density at radius 3 is 2.62 bits per heavy atom. The van der Waals surface area contributed by atoms with Crippen LogP contribution in [0.5, 0.6) is 5.75 Å². The third kappa shape index (κ3) is 2.20. The molecule has 0 aliphatic heterocycles. The number of rotatable bonds is 4. The van der Waals surface area contributed by atoms with Gasteiger partial charge in [-0.2, -0.15) is 0 Å². The summed E-state index contributed by atoms with van der Waals surface area (Å²) < 4.78 is 7.30. The summed E-state index contributed by atoms with van der Waals surface area (Å²) in [4.78, 5) is 0. The molecule has 0 saturated carbocycles. The van der Waals surface area contributed by atoms with E-state index in [-0.39, 0.29) is 0 Å². The van der Waals surface area contributed by atoms with Crippen molar-refractivity contribution in [2.45, 2.75) is 6.92 Å². The number of nitrogens with two attached hydrogens (primary N) is 1. The minimum absolute atomic E-state index is 0.520. The molecule has 0 saturated heterocycles. The smallest absolute Gasteiger partial charge is 0.134 e. The zero-order valence-corrected chi connectivity index (χ0v) is 9.13. The Morgan fingerprint density at radius 2 is 2.06 bits per heavy atom. The van der Waals surface area contributed by atoms with E-state index in [1.54, 1.807) is 6.33 Å². The van der Waals surface area contributed by atoms with Crippen molar-refractivity contribution < 1.29 is 4.74 Å². The van der Waals surface area contributed by atoms with Crippen molar-refractivity contribution in [2.75, 3.05) is 13.2 Å². The van der Waals surface area contributed by atoms with Gasteiger partial charge in [-0.15, -0.1) is 10.2 Å². The molecule has 0 unspecified atom stereocenters. The van der Waals surface area contributed by atoms with Gasteiger partial charge in [0.25, 0.3) is 0 Å². The molecule has 0 aliphatic carbocycles. The third-order valence-corrected chi connectivity index (χ3v) is 2.22. The van der Waals surface area contributed by atoms with Gasteiger partial charge in [-0.3, -0.25) is 4.57 Å². The first kappa shape index (κ1) is 10.6. The molecule has 0 amide bonds. The summed E-state index contributed by atoms with van der Waals surface area (Å²) in [7, 11) is 0. The van der Waals surface area contributed by atoms with E-state index in [9.17, 15) is 0 Å². The standard InChI is InChI=1S/C11H14N4O/c1-9-14-13-8-15(9)10-2-4-11(5-3-10)16-7-6-12/h2-5,8H,6-7,12H2,1H3. The lowest BCUT2D eigenvalue weighted by Crippen LogP contribution is -2.10. The summed E-state index contributed by atoms with van der Waals surface area (Å²) in [5.41, 5.74) is 6.37. The first-order valence-corrected chi connectivity index (χ1v) is 5.11. The largest absolute Gasteiger partial charge is 0.492 e. The van der Waals surface area contributed by atoms with Crippen LogP contribution < -0.4 is 10.5 Å². The SMILES string of the molecule is Cc1nncn1-c1ccc(OCCN)cc1. The molecule has 0 atom stereocenters. The quantitative estimate of drug-likeness (QED) is 0.828. The lowest BCUT2D eigenvalue weighted by atomic mass is 10.3. The summed E-state index contributed by atoms with van der Waals surface area (Å²) in [6.07, 6.45) is 1.69. The molecule has 5 heteroatoms. The van der Waals surface area contributed by atoms with E-state index in [4.69, 9.17) is 10.5 Å². The van der Waals surface area contributed by atoms with Gasteiger partial charge in [0, 0.05) is 12.2 Å². The van der Waals surface area contributed by atoms with Gasteiger partial charge in [-0.25, -0.2) is 0 Å². The number of aromatic nitrogens is 3. The van der Waals surface area contributed by atoms with Gasteiger partial charge in [0.2, 0.25) is 0 Å². The van der Waals surface area contributed by atoms with Crippen LogP contribution in [0.25, 0.3) is 5.69 Å². The molecule has 0 bridgehead atoms. The highest BCUT2D eigenvalue weighted by Crippen LogP contribution is 2.15. The van der Waals surface area contributed by atoms with Crippen LogP contribution in [0.15, 0.2) is 30.6 Å². The first-order chi connectivity index (χ1) is 7.81. The molecular weight excluding hydrogens is 204 g/mol. The number of benzene rings is 1. The highest BCUT2D eigenvalue weighted by molar-refractivity contribution is 5.37. The number of hydrogen-bond donors (Lipinski definition) is 1. The van der Waals surface area contributed by atoms with Crippen molar-refractivity contribution in [1.29, 1.82) is 0 Å². The van der Waals surface area contributed by atoms with E-state index in [0.717, 1.165) is 17.3 Å². The van der Waals surface area contributed by atoms with E-state index in [1.165, 1.54) is 0 Å². The van der Waals surface area contributed by atoms with Crippen molar-refractivity contribution in [3.05, 3.63) is 36.4 Å².